The van der Waals surface area contributed by atoms with E-state index in [-0.39, 0.29) is 0 Å². The van der Waals surface area contributed by atoms with Crippen LogP contribution in [0.4, 0.5) is 0 Å². The van der Waals surface area contributed by atoms with E-state index < -0.39 is 0 Å². The first-order valence-electron chi connectivity index (χ1n) is 5.52. The molecule has 2 rings (SSSR count). The SMILES string of the molecule is CC(c1cccnc1)N1CCCCC1. The van der Waals surface area contributed by atoms with E-state index in [2.05, 4.69) is 22.9 Å². The van der Waals surface area contributed by atoms with Crippen LogP contribution >= 0.6 is 0 Å². The van der Waals surface area contributed by atoms with E-state index in [0.29, 0.717) is 6.04 Å². The van der Waals surface area contributed by atoms with Crippen molar-refractivity contribution in [2.75, 3.05) is 13.1 Å². The average Bonchev–Trinajstić information content (AvgIpc) is 2.30. The highest BCUT2D eigenvalue weighted by atomic mass is 15.2. The fourth-order valence-corrected chi connectivity index (χ4v) is 2.14. The van der Waals surface area contributed by atoms with Crippen LogP contribution in [0.15, 0.2) is 24.5 Å². The standard InChI is InChI=1S/C12H18N2/c1-11(12-6-5-7-13-10-12)14-8-3-2-4-9-14/h5-7,10-11H,2-4,8-9H2,1H3. The predicted octanol–water partition coefficient (Wildman–Crippen LogP) is 2.63. The van der Waals surface area contributed by atoms with Crippen molar-refractivity contribution in [3.8, 4) is 0 Å². The maximum absolute atomic E-state index is 4.17. The van der Waals surface area contributed by atoms with Gasteiger partial charge in [0.05, 0.1) is 0 Å². The van der Waals surface area contributed by atoms with E-state index in [0.717, 1.165) is 0 Å². The number of piperidine rings is 1. The Bertz CT molecular complexity index is 265. The molecular formula is C12H18N2. The Morgan fingerprint density at radius 2 is 2.07 bits per heavy atom. The van der Waals surface area contributed by atoms with Crippen molar-refractivity contribution in [3.05, 3.63) is 30.1 Å². The molecule has 2 heterocycles. The van der Waals surface area contributed by atoms with Crippen molar-refractivity contribution in [1.82, 2.24) is 9.88 Å². The zero-order valence-corrected chi connectivity index (χ0v) is 8.82. The van der Waals surface area contributed by atoms with E-state index in [1.165, 1.54) is 37.9 Å². The number of pyridine rings is 1. The monoisotopic (exact) mass is 190 g/mol. The highest BCUT2D eigenvalue weighted by Crippen LogP contribution is 2.22. The van der Waals surface area contributed by atoms with Gasteiger partial charge in [-0.3, -0.25) is 9.88 Å². The maximum Gasteiger partial charge on any atom is 0.0335 e. The van der Waals surface area contributed by atoms with Crippen LogP contribution in [0.25, 0.3) is 0 Å². The molecule has 0 bridgehead atoms. The molecule has 0 aromatic carbocycles. The molecule has 1 saturated heterocycles. The molecule has 1 aromatic heterocycles. The molecule has 1 aliphatic heterocycles. The first-order chi connectivity index (χ1) is 6.88. The summed E-state index contributed by atoms with van der Waals surface area (Å²) in [5, 5.41) is 0. The second kappa shape index (κ2) is 4.56. The molecule has 0 saturated carbocycles. The molecule has 1 aliphatic rings. The third-order valence-corrected chi connectivity index (χ3v) is 3.11. The number of aromatic nitrogens is 1. The van der Waals surface area contributed by atoms with Gasteiger partial charge in [-0.2, -0.15) is 0 Å². The summed E-state index contributed by atoms with van der Waals surface area (Å²) in [5.74, 6) is 0. The molecular weight excluding hydrogens is 172 g/mol. The Morgan fingerprint density at radius 3 is 2.71 bits per heavy atom. The van der Waals surface area contributed by atoms with Crippen LogP contribution < -0.4 is 0 Å². The van der Waals surface area contributed by atoms with Gasteiger partial charge >= 0.3 is 0 Å². The van der Waals surface area contributed by atoms with Gasteiger partial charge in [0, 0.05) is 18.4 Å². The lowest BCUT2D eigenvalue weighted by molar-refractivity contribution is 0.174. The van der Waals surface area contributed by atoms with Gasteiger partial charge in [-0.15, -0.1) is 0 Å². The molecule has 2 heteroatoms. The van der Waals surface area contributed by atoms with Gasteiger partial charge < -0.3 is 0 Å². The molecule has 76 valence electrons. The van der Waals surface area contributed by atoms with Gasteiger partial charge in [0.15, 0.2) is 0 Å². The predicted molar refractivity (Wildman–Crippen MR) is 58.1 cm³/mol. The van der Waals surface area contributed by atoms with Crippen molar-refractivity contribution < 1.29 is 0 Å². The summed E-state index contributed by atoms with van der Waals surface area (Å²) in [6.45, 7) is 4.77. The number of hydrogen-bond acceptors (Lipinski definition) is 2. The zero-order chi connectivity index (χ0) is 9.80. The van der Waals surface area contributed by atoms with Gasteiger partial charge in [0.1, 0.15) is 0 Å². The van der Waals surface area contributed by atoms with Crippen molar-refractivity contribution in [2.45, 2.75) is 32.2 Å². The van der Waals surface area contributed by atoms with Crippen molar-refractivity contribution in [2.24, 2.45) is 0 Å². The highest BCUT2D eigenvalue weighted by molar-refractivity contribution is 5.13. The van der Waals surface area contributed by atoms with E-state index in [1.807, 2.05) is 18.5 Å². The molecule has 0 amide bonds. The molecule has 0 aliphatic carbocycles. The van der Waals surface area contributed by atoms with Crippen LogP contribution in [0.5, 0.6) is 0 Å². The lowest BCUT2D eigenvalue weighted by Crippen LogP contribution is -2.32. The van der Waals surface area contributed by atoms with Crippen LogP contribution in [0.3, 0.4) is 0 Å². The summed E-state index contributed by atoms with van der Waals surface area (Å²) in [4.78, 5) is 6.73. The lowest BCUT2D eigenvalue weighted by Gasteiger charge is -2.32. The summed E-state index contributed by atoms with van der Waals surface area (Å²) in [5.41, 5.74) is 1.34. The second-order valence-electron chi connectivity index (χ2n) is 4.06. The summed E-state index contributed by atoms with van der Waals surface area (Å²) < 4.78 is 0. The molecule has 1 unspecified atom stereocenters. The Kier molecular flexibility index (Phi) is 3.14. The van der Waals surface area contributed by atoms with Crippen molar-refractivity contribution in [1.29, 1.82) is 0 Å². The molecule has 2 nitrogen and oxygen atoms in total. The summed E-state index contributed by atoms with van der Waals surface area (Å²) in [7, 11) is 0. The maximum atomic E-state index is 4.17. The number of hydrogen-bond donors (Lipinski definition) is 0. The van der Waals surface area contributed by atoms with Gasteiger partial charge in [-0.1, -0.05) is 12.5 Å². The fourth-order valence-electron chi connectivity index (χ4n) is 2.14. The summed E-state index contributed by atoms with van der Waals surface area (Å²) in [6, 6.07) is 4.73. The third kappa shape index (κ3) is 2.13. The third-order valence-electron chi connectivity index (χ3n) is 3.11. The van der Waals surface area contributed by atoms with Crippen LogP contribution in [-0.2, 0) is 0 Å². The molecule has 0 radical (unpaired) electrons. The first-order valence-corrected chi connectivity index (χ1v) is 5.52. The number of likely N-dealkylation sites (tertiary alicyclic amines) is 1. The van der Waals surface area contributed by atoms with E-state index in [4.69, 9.17) is 0 Å². The smallest absolute Gasteiger partial charge is 0.0335 e. The Morgan fingerprint density at radius 1 is 1.29 bits per heavy atom. The fraction of sp³-hybridized carbons (Fsp3) is 0.583. The quantitative estimate of drug-likeness (QED) is 0.712. The second-order valence-corrected chi connectivity index (χ2v) is 4.06. The molecule has 14 heavy (non-hydrogen) atoms. The first kappa shape index (κ1) is 9.66. The molecule has 0 N–H and O–H groups in total. The molecule has 1 fully saturated rings. The Labute approximate surface area is 86.0 Å². The number of rotatable bonds is 2. The molecule has 0 spiro atoms. The van der Waals surface area contributed by atoms with Crippen LogP contribution in [-0.4, -0.2) is 23.0 Å². The minimum absolute atomic E-state index is 0.531. The van der Waals surface area contributed by atoms with Gasteiger partial charge in [0.25, 0.3) is 0 Å². The molecule has 1 aromatic rings. The lowest BCUT2D eigenvalue weighted by atomic mass is 10.0. The van der Waals surface area contributed by atoms with Crippen LogP contribution in [0, 0.1) is 0 Å². The van der Waals surface area contributed by atoms with E-state index in [1.54, 1.807) is 0 Å². The average molecular weight is 190 g/mol. The van der Waals surface area contributed by atoms with Crippen LogP contribution in [0.2, 0.25) is 0 Å². The minimum atomic E-state index is 0.531. The van der Waals surface area contributed by atoms with Gasteiger partial charge in [-0.05, 0) is 44.5 Å². The van der Waals surface area contributed by atoms with Crippen molar-refractivity contribution >= 4 is 0 Å². The van der Waals surface area contributed by atoms with Crippen molar-refractivity contribution in [3.63, 3.8) is 0 Å². The molecule has 1 atom stereocenters. The summed E-state index contributed by atoms with van der Waals surface area (Å²) in [6.07, 6.45) is 7.93. The zero-order valence-electron chi connectivity index (χ0n) is 8.82. The van der Waals surface area contributed by atoms with E-state index in [9.17, 15) is 0 Å². The topological polar surface area (TPSA) is 16.1 Å². The normalized spacial score (nSPS) is 20.6. The Balaban J connectivity index is 2.03. The number of nitrogens with zero attached hydrogens (tertiary/aromatic N) is 2. The summed E-state index contributed by atoms with van der Waals surface area (Å²) >= 11 is 0. The highest BCUT2D eigenvalue weighted by Gasteiger charge is 2.17. The van der Waals surface area contributed by atoms with Gasteiger partial charge in [-0.25, -0.2) is 0 Å². The Hall–Kier alpha value is -0.890. The minimum Gasteiger partial charge on any atom is -0.297 e. The largest absolute Gasteiger partial charge is 0.297 e. The van der Waals surface area contributed by atoms with Crippen LogP contribution in [0.1, 0.15) is 37.8 Å². The van der Waals surface area contributed by atoms with Gasteiger partial charge in [0.2, 0.25) is 0 Å². The van der Waals surface area contributed by atoms with E-state index >= 15 is 0 Å².